The van der Waals surface area contributed by atoms with E-state index in [1.807, 2.05) is 0 Å². The highest BCUT2D eigenvalue weighted by atomic mass is 31.2. The van der Waals surface area contributed by atoms with E-state index >= 15 is 0 Å². The molecule has 0 atom stereocenters. The fraction of sp³-hybridized carbons (Fsp3) is 0.667. The largest absolute Gasteiger partial charge is 0.462 e. The molecular weight excluding hydrogens is 359 g/mol. The van der Waals surface area contributed by atoms with Gasteiger partial charge in [-0.05, 0) is 6.42 Å². The number of carbonyl (C=O) groups excluding carboxylic acids is 2. The van der Waals surface area contributed by atoms with Gasteiger partial charge in [-0.1, -0.05) is 39.3 Å². The van der Waals surface area contributed by atoms with Crippen molar-refractivity contribution in [3.05, 3.63) is 25.3 Å². The summed E-state index contributed by atoms with van der Waals surface area (Å²) in [7, 11) is -3.22. The lowest BCUT2D eigenvalue weighted by Crippen LogP contribution is -2.09. The van der Waals surface area contributed by atoms with Gasteiger partial charge in [0.1, 0.15) is 0 Å². The fourth-order valence-corrected chi connectivity index (χ4v) is 3.65. The number of ether oxygens (including phenoxy) is 2. The van der Waals surface area contributed by atoms with Crippen LogP contribution in [0.5, 0.6) is 0 Å². The number of hydrogen-bond donors (Lipinski definition) is 0. The molecule has 0 spiro atoms. The summed E-state index contributed by atoms with van der Waals surface area (Å²) >= 11 is 0. The number of rotatable bonds is 17. The van der Waals surface area contributed by atoms with Gasteiger partial charge in [-0.25, -0.2) is 9.59 Å². The molecule has 0 aromatic carbocycles. The first kappa shape index (κ1) is 24.6. The molecule has 0 saturated heterocycles. The third-order valence-corrected chi connectivity index (χ3v) is 5.28. The van der Waals surface area contributed by atoms with Crippen LogP contribution in [0.2, 0.25) is 0 Å². The normalized spacial score (nSPS) is 11.0. The van der Waals surface area contributed by atoms with Crippen LogP contribution in [0.3, 0.4) is 0 Å². The molecule has 150 valence electrons. The highest BCUT2D eigenvalue weighted by Gasteiger charge is 2.23. The average molecular weight is 390 g/mol. The highest BCUT2D eigenvalue weighted by Crippen LogP contribution is 2.49. The Morgan fingerprint density at radius 1 is 0.808 bits per heavy atom. The second-order valence-electron chi connectivity index (χ2n) is 5.51. The van der Waals surface area contributed by atoms with Crippen molar-refractivity contribution in [2.75, 3.05) is 32.6 Å². The smallest absolute Gasteiger partial charge is 0.330 e. The second-order valence-corrected chi connectivity index (χ2v) is 7.70. The van der Waals surface area contributed by atoms with Gasteiger partial charge >= 0.3 is 19.5 Å². The third kappa shape index (κ3) is 13.8. The van der Waals surface area contributed by atoms with Crippen LogP contribution in [0.1, 0.15) is 45.4 Å². The van der Waals surface area contributed by atoms with Gasteiger partial charge in [0.25, 0.3) is 0 Å². The molecule has 0 aromatic rings. The Morgan fingerprint density at radius 2 is 1.31 bits per heavy atom. The number of hydrogen-bond acceptors (Lipinski definition) is 7. The Hall–Kier alpha value is -1.43. The molecule has 0 bridgehead atoms. The van der Waals surface area contributed by atoms with Crippen molar-refractivity contribution < 1.29 is 32.7 Å². The molecule has 0 aliphatic heterocycles. The van der Waals surface area contributed by atoms with Crippen LogP contribution in [0.15, 0.2) is 25.3 Å². The zero-order chi connectivity index (χ0) is 19.7. The summed E-state index contributed by atoms with van der Waals surface area (Å²) in [4.78, 5) is 21.9. The summed E-state index contributed by atoms with van der Waals surface area (Å²) < 4.78 is 33.4. The maximum absolute atomic E-state index is 12.8. The van der Waals surface area contributed by atoms with Crippen molar-refractivity contribution in [3.8, 4) is 0 Å². The van der Waals surface area contributed by atoms with Gasteiger partial charge in [-0.2, -0.15) is 0 Å². The Morgan fingerprint density at radius 3 is 1.73 bits per heavy atom. The minimum Gasteiger partial charge on any atom is -0.462 e. The molecule has 0 fully saturated rings. The Labute approximate surface area is 156 Å². The van der Waals surface area contributed by atoms with E-state index in [2.05, 4.69) is 20.1 Å². The summed E-state index contributed by atoms with van der Waals surface area (Å²) in [5.74, 6) is -1.00. The molecule has 0 unspecified atom stereocenters. The van der Waals surface area contributed by atoms with Crippen molar-refractivity contribution >= 4 is 19.5 Å². The monoisotopic (exact) mass is 390 g/mol. The molecule has 26 heavy (non-hydrogen) atoms. The van der Waals surface area contributed by atoms with E-state index in [1.165, 1.54) is 0 Å². The quantitative estimate of drug-likeness (QED) is 0.160. The maximum atomic E-state index is 12.8. The summed E-state index contributed by atoms with van der Waals surface area (Å²) in [6.45, 7) is 9.37. The maximum Gasteiger partial charge on any atom is 0.330 e. The lowest BCUT2D eigenvalue weighted by Gasteiger charge is -2.18. The van der Waals surface area contributed by atoms with Gasteiger partial charge in [0.2, 0.25) is 0 Å². The predicted molar refractivity (Wildman–Crippen MR) is 100 cm³/mol. The highest BCUT2D eigenvalue weighted by molar-refractivity contribution is 7.53. The van der Waals surface area contributed by atoms with Crippen molar-refractivity contribution in [1.82, 2.24) is 0 Å². The second kappa shape index (κ2) is 15.8. The number of esters is 2. The molecule has 0 aliphatic rings. The standard InChI is InChI=1S/C18H31O7P/c1-4-7-8-9-16-26(21,24-14-10-12-22-17(19)5-2)25-15-11-13-23-18(20)6-3/h5-6H,2-4,7-16H2,1H3. The Kier molecular flexibility index (Phi) is 14.9. The van der Waals surface area contributed by atoms with Gasteiger partial charge in [0.05, 0.1) is 32.6 Å². The van der Waals surface area contributed by atoms with E-state index in [0.717, 1.165) is 37.8 Å². The van der Waals surface area contributed by atoms with E-state index in [0.29, 0.717) is 19.0 Å². The van der Waals surface area contributed by atoms with E-state index in [-0.39, 0.29) is 26.4 Å². The van der Waals surface area contributed by atoms with E-state index in [1.54, 1.807) is 0 Å². The minimum atomic E-state index is -3.22. The fourth-order valence-electron chi connectivity index (χ4n) is 1.89. The SMILES string of the molecule is C=CC(=O)OCCCOP(=O)(CCCCCC)OCCCOC(=O)C=C. The molecule has 0 heterocycles. The average Bonchev–Trinajstić information content (AvgIpc) is 2.64. The zero-order valence-electron chi connectivity index (χ0n) is 15.7. The summed E-state index contributed by atoms with van der Waals surface area (Å²) in [5.41, 5.74) is 0. The van der Waals surface area contributed by atoms with Gasteiger partial charge in [-0.3, -0.25) is 4.57 Å². The van der Waals surface area contributed by atoms with E-state index < -0.39 is 19.5 Å². The van der Waals surface area contributed by atoms with E-state index in [9.17, 15) is 14.2 Å². The van der Waals surface area contributed by atoms with Crippen LogP contribution in [0.25, 0.3) is 0 Å². The van der Waals surface area contributed by atoms with Crippen LogP contribution in [0.4, 0.5) is 0 Å². The van der Waals surface area contributed by atoms with Crippen molar-refractivity contribution in [2.24, 2.45) is 0 Å². The van der Waals surface area contributed by atoms with Gasteiger partial charge < -0.3 is 18.5 Å². The number of carbonyl (C=O) groups is 2. The van der Waals surface area contributed by atoms with Crippen molar-refractivity contribution in [2.45, 2.75) is 45.4 Å². The van der Waals surface area contributed by atoms with Gasteiger partial charge in [-0.15, -0.1) is 0 Å². The molecule has 0 rings (SSSR count). The Balaban J connectivity index is 4.21. The first-order valence-corrected chi connectivity index (χ1v) is 10.7. The summed E-state index contributed by atoms with van der Waals surface area (Å²) in [5, 5.41) is 0. The van der Waals surface area contributed by atoms with Crippen LogP contribution in [0, 0.1) is 0 Å². The first-order valence-electron chi connectivity index (χ1n) is 8.94. The minimum absolute atomic E-state index is 0.165. The molecule has 8 heteroatoms. The van der Waals surface area contributed by atoms with Crippen molar-refractivity contribution in [3.63, 3.8) is 0 Å². The lowest BCUT2D eigenvalue weighted by molar-refractivity contribution is -0.138. The molecule has 0 aliphatic carbocycles. The molecule has 0 saturated carbocycles. The van der Waals surface area contributed by atoms with Crippen LogP contribution in [-0.2, 0) is 32.7 Å². The molecule has 0 N–H and O–H groups in total. The summed E-state index contributed by atoms with van der Waals surface area (Å²) in [6, 6.07) is 0. The lowest BCUT2D eigenvalue weighted by atomic mass is 10.2. The van der Waals surface area contributed by atoms with Crippen LogP contribution < -0.4 is 0 Å². The van der Waals surface area contributed by atoms with E-state index in [4.69, 9.17) is 18.5 Å². The third-order valence-electron chi connectivity index (χ3n) is 3.26. The molecule has 0 amide bonds. The predicted octanol–water partition coefficient (Wildman–Crippen LogP) is 4.03. The Bertz CT molecular complexity index is 442. The van der Waals surface area contributed by atoms with Crippen LogP contribution >= 0.6 is 7.60 Å². The zero-order valence-corrected chi connectivity index (χ0v) is 16.5. The van der Waals surface area contributed by atoms with Crippen molar-refractivity contribution in [1.29, 1.82) is 0 Å². The molecule has 0 radical (unpaired) electrons. The van der Waals surface area contributed by atoms with Crippen LogP contribution in [-0.4, -0.2) is 44.5 Å². The summed E-state index contributed by atoms with van der Waals surface area (Å²) in [6.07, 6.45) is 7.20. The number of unbranched alkanes of at least 4 members (excludes halogenated alkanes) is 3. The van der Waals surface area contributed by atoms with Gasteiger partial charge in [0, 0.05) is 25.0 Å². The molecule has 7 nitrogen and oxygen atoms in total. The first-order chi connectivity index (χ1) is 12.5. The molecule has 0 aromatic heterocycles. The topological polar surface area (TPSA) is 88.1 Å². The molecular formula is C18H31O7P. The van der Waals surface area contributed by atoms with Gasteiger partial charge in [0.15, 0.2) is 0 Å².